The number of nitrogens with zero attached hydrogens (tertiary/aromatic N) is 3. The molecule has 0 radical (unpaired) electrons. The third-order valence-electron chi connectivity index (χ3n) is 5.22. The van der Waals surface area contributed by atoms with Gasteiger partial charge in [-0.15, -0.1) is 0 Å². The van der Waals surface area contributed by atoms with Crippen molar-refractivity contribution in [3.63, 3.8) is 0 Å². The number of carbonyl (C=O) groups is 1. The average molecular weight is 402 g/mol. The molecular weight excluding hydrogens is 380 g/mol. The number of aromatic amines is 1. The van der Waals surface area contributed by atoms with Crippen molar-refractivity contribution in [2.75, 3.05) is 13.6 Å². The van der Waals surface area contributed by atoms with E-state index >= 15 is 0 Å². The molecule has 1 atom stereocenters. The second-order valence-corrected chi connectivity index (χ2v) is 7.10. The molecule has 152 valence electrons. The van der Waals surface area contributed by atoms with Gasteiger partial charge in [-0.1, -0.05) is 18.2 Å². The maximum absolute atomic E-state index is 12.3. The van der Waals surface area contributed by atoms with Gasteiger partial charge in [0.15, 0.2) is 6.10 Å². The molecule has 0 aliphatic heterocycles. The van der Waals surface area contributed by atoms with E-state index < -0.39 is 6.10 Å². The fourth-order valence-electron chi connectivity index (χ4n) is 3.36. The minimum absolute atomic E-state index is 0.189. The van der Waals surface area contributed by atoms with Gasteiger partial charge in [-0.2, -0.15) is 0 Å². The van der Waals surface area contributed by atoms with E-state index in [-0.39, 0.29) is 11.7 Å². The lowest BCUT2D eigenvalue weighted by molar-refractivity contribution is -0.138. The van der Waals surface area contributed by atoms with Crippen LogP contribution in [0.25, 0.3) is 33.3 Å². The van der Waals surface area contributed by atoms with Crippen LogP contribution in [-0.4, -0.2) is 49.6 Å². The number of amides is 1. The second kappa shape index (κ2) is 7.96. The van der Waals surface area contributed by atoms with Gasteiger partial charge < -0.3 is 20.1 Å². The van der Waals surface area contributed by atoms with E-state index in [2.05, 4.69) is 15.0 Å². The van der Waals surface area contributed by atoms with Gasteiger partial charge in [0.2, 0.25) is 0 Å². The summed E-state index contributed by atoms with van der Waals surface area (Å²) in [7, 11) is 1.65. The zero-order valence-corrected chi connectivity index (χ0v) is 16.7. The molecule has 0 aliphatic rings. The van der Waals surface area contributed by atoms with Crippen LogP contribution < -0.4 is 0 Å². The smallest absolute Gasteiger partial charge is 0.255 e. The summed E-state index contributed by atoms with van der Waals surface area (Å²) in [6, 6.07) is 10.8. The van der Waals surface area contributed by atoms with Gasteiger partial charge in [0.25, 0.3) is 5.91 Å². The summed E-state index contributed by atoms with van der Waals surface area (Å²) in [6.45, 7) is 2.35. The second-order valence-electron chi connectivity index (χ2n) is 7.10. The molecule has 30 heavy (non-hydrogen) atoms. The van der Waals surface area contributed by atoms with Gasteiger partial charge >= 0.3 is 0 Å². The first-order valence-corrected chi connectivity index (χ1v) is 9.63. The number of benzene rings is 1. The van der Waals surface area contributed by atoms with Crippen LogP contribution in [0.2, 0.25) is 0 Å². The number of aromatic nitrogens is 3. The van der Waals surface area contributed by atoms with Crippen molar-refractivity contribution in [1.29, 1.82) is 0 Å². The molecule has 4 aromatic rings. The van der Waals surface area contributed by atoms with Crippen LogP contribution in [0.1, 0.15) is 18.6 Å². The van der Waals surface area contributed by atoms with Gasteiger partial charge in [0.05, 0.1) is 0 Å². The van der Waals surface area contributed by atoms with E-state index in [1.165, 1.54) is 11.1 Å². The number of phenols is 1. The zero-order valence-electron chi connectivity index (χ0n) is 16.7. The van der Waals surface area contributed by atoms with Crippen molar-refractivity contribution >= 4 is 16.9 Å². The summed E-state index contributed by atoms with van der Waals surface area (Å²) in [4.78, 5) is 25.6. The molecule has 3 aromatic heterocycles. The molecule has 7 heteroatoms. The number of nitrogens with one attached hydrogen (secondary N) is 1. The number of hydrogen-bond donors (Lipinski definition) is 3. The molecule has 0 fully saturated rings. The Kier molecular flexibility index (Phi) is 5.20. The fourth-order valence-corrected chi connectivity index (χ4v) is 3.36. The fraction of sp³-hybridized carbons (Fsp3) is 0.174. The minimum atomic E-state index is -1.27. The molecule has 0 saturated carbocycles. The molecular formula is C23H22N4O3. The normalized spacial score (nSPS) is 12.1. The maximum atomic E-state index is 12.3. The molecule has 0 saturated heterocycles. The highest BCUT2D eigenvalue weighted by molar-refractivity contribution is 5.97. The van der Waals surface area contributed by atoms with E-state index in [9.17, 15) is 15.0 Å². The van der Waals surface area contributed by atoms with E-state index in [0.717, 1.165) is 22.1 Å². The highest BCUT2D eigenvalue weighted by Crippen LogP contribution is 2.35. The van der Waals surface area contributed by atoms with Gasteiger partial charge in [-0.3, -0.25) is 9.78 Å². The number of aromatic hydroxyl groups is 1. The third-order valence-corrected chi connectivity index (χ3v) is 5.22. The number of fused-ring (bicyclic) bond motifs is 1. The lowest BCUT2D eigenvalue weighted by atomic mass is 10.0. The van der Waals surface area contributed by atoms with Crippen molar-refractivity contribution in [2.24, 2.45) is 0 Å². The Hall–Kier alpha value is -3.71. The predicted molar refractivity (Wildman–Crippen MR) is 115 cm³/mol. The molecule has 1 amide bonds. The molecule has 7 nitrogen and oxygen atoms in total. The highest BCUT2D eigenvalue weighted by atomic mass is 16.3. The largest absolute Gasteiger partial charge is 0.507 e. The van der Waals surface area contributed by atoms with Gasteiger partial charge in [-0.05, 0) is 25.1 Å². The predicted octanol–water partition coefficient (Wildman–Crippen LogP) is 3.51. The number of carbonyl (C=O) groups excluding carboxylic acids is 1. The number of aliphatic hydroxyl groups is 1. The van der Waals surface area contributed by atoms with Crippen LogP contribution in [0, 0.1) is 0 Å². The number of H-pyrrole nitrogens is 1. The highest BCUT2D eigenvalue weighted by Gasteiger charge is 2.21. The number of pyridine rings is 2. The van der Waals surface area contributed by atoms with Gasteiger partial charge in [-0.25, -0.2) is 4.98 Å². The standard InChI is InChI=1S/C23H22N4O3/c1-3-27(2)23(30)21(29)16-8-14(10-24-11-16)15-9-18-19(13-26-22(18)25-12-15)17-6-4-5-7-20(17)28/h4-13,21,28-29H,3H2,1-2H3,(H,25,26). The molecule has 3 heterocycles. The van der Waals surface area contributed by atoms with E-state index in [1.807, 2.05) is 31.3 Å². The number of rotatable bonds is 5. The van der Waals surface area contributed by atoms with Crippen LogP contribution in [0.5, 0.6) is 5.75 Å². The summed E-state index contributed by atoms with van der Waals surface area (Å²) >= 11 is 0. The SMILES string of the molecule is CCN(C)C(=O)C(O)c1cncc(-c2cnc3[nH]cc(-c4ccccc4O)c3c2)c1. The summed E-state index contributed by atoms with van der Waals surface area (Å²) in [5.74, 6) is -0.188. The van der Waals surface area contributed by atoms with Crippen molar-refractivity contribution in [3.8, 4) is 28.0 Å². The van der Waals surface area contributed by atoms with Crippen molar-refractivity contribution in [3.05, 3.63) is 66.7 Å². The number of phenolic OH excluding ortho intramolecular Hbond substituents is 1. The number of para-hydroxylation sites is 1. The Labute approximate surface area is 173 Å². The quantitative estimate of drug-likeness (QED) is 0.474. The van der Waals surface area contributed by atoms with E-state index in [0.29, 0.717) is 23.3 Å². The first-order valence-electron chi connectivity index (χ1n) is 9.63. The Bertz CT molecular complexity index is 1220. The molecule has 3 N–H and O–H groups in total. The van der Waals surface area contributed by atoms with Crippen LogP contribution in [-0.2, 0) is 4.79 Å². The molecule has 0 spiro atoms. The topological polar surface area (TPSA) is 102 Å². The lowest BCUT2D eigenvalue weighted by Gasteiger charge is -2.19. The minimum Gasteiger partial charge on any atom is -0.507 e. The number of hydrogen-bond acceptors (Lipinski definition) is 5. The Balaban J connectivity index is 1.75. The summed E-state index contributed by atoms with van der Waals surface area (Å²) in [5.41, 5.74) is 4.18. The zero-order chi connectivity index (χ0) is 21.3. The van der Waals surface area contributed by atoms with Gasteiger partial charge in [0.1, 0.15) is 11.4 Å². The molecule has 0 bridgehead atoms. The van der Waals surface area contributed by atoms with Gasteiger partial charge in [0, 0.05) is 71.6 Å². The summed E-state index contributed by atoms with van der Waals surface area (Å²) in [6.07, 6.45) is 5.41. The molecule has 1 aromatic carbocycles. The number of likely N-dealkylation sites (N-methyl/N-ethyl adjacent to an activating group) is 1. The average Bonchev–Trinajstić information content (AvgIpc) is 3.21. The van der Waals surface area contributed by atoms with Crippen LogP contribution in [0.15, 0.2) is 61.2 Å². The van der Waals surface area contributed by atoms with Crippen molar-refractivity contribution in [1.82, 2.24) is 19.9 Å². The first-order chi connectivity index (χ1) is 14.5. The monoisotopic (exact) mass is 402 g/mol. The summed E-state index contributed by atoms with van der Waals surface area (Å²) < 4.78 is 0. The van der Waals surface area contributed by atoms with E-state index in [4.69, 9.17) is 0 Å². The van der Waals surface area contributed by atoms with Crippen LogP contribution in [0.4, 0.5) is 0 Å². The lowest BCUT2D eigenvalue weighted by Crippen LogP contribution is -2.31. The van der Waals surface area contributed by atoms with Crippen molar-refractivity contribution in [2.45, 2.75) is 13.0 Å². The molecule has 0 aliphatic carbocycles. The molecule has 1 unspecified atom stereocenters. The molecule has 4 rings (SSSR count). The Morgan fingerprint density at radius 2 is 1.90 bits per heavy atom. The van der Waals surface area contributed by atoms with Crippen molar-refractivity contribution < 1.29 is 15.0 Å². The Morgan fingerprint density at radius 1 is 1.13 bits per heavy atom. The first kappa shape index (κ1) is 19.6. The number of aliphatic hydroxyl groups excluding tert-OH is 1. The maximum Gasteiger partial charge on any atom is 0.255 e. The third kappa shape index (κ3) is 3.51. The van der Waals surface area contributed by atoms with Crippen LogP contribution >= 0.6 is 0 Å². The van der Waals surface area contributed by atoms with Crippen LogP contribution in [0.3, 0.4) is 0 Å². The van der Waals surface area contributed by atoms with E-state index in [1.54, 1.807) is 37.6 Å². The Morgan fingerprint density at radius 3 is 2.67 bits per heavy atom. The summed E-state index contributed by atoms with van der Waals surface area (Å²) in [5, 5.41) is 21.5.